The molecule has 3 heterocycles. The van der Waals surface area contributed by atoms with E-state index in [2.05, 4.69) is 11.4 Å². The molecule has 1 fully saturated rings. The van der Waals surface area contributed by atoms with Crippen molar-refractivity contribution in [2.45, 2.75) is 27.7 Å². The minimum atomic E-state index is -0.506. The van der Waals surface area contributed by atoms with Crippen LogP contribution in [0.15, 0.2) is 11.6 Å². The summed E-state index contributed by atoms with van der Waals surface area (Å²) in [5, 5.41) is 13.0. The first-order valence-electron chi connectivity index (χ1n) is 8.21. The largest absolute Gasteiger partial charge is 0.308 e. The molecule has 0 radical (unpaired) electrons. The Morgan fingerprint density at radius 1 is 1.26 bits per heavy atom. The fraction of sp³-hybridized carbons (Fsp3) is 0.263. The first-order valence-corrected chi connectivity index (χ1v) is 9.44. The SMILES string of the molecule is Cc1sc(-n2c(C)cc(C=C3C(=O)NC(=S)N(C)C3=O)c2C)c(C#N)c1C. The van der Waals surface area contributed by atoms with E-state index in [0.29, 0.717) is 5.56 Å². The van der Waals surface area contributed by atoms with Crippen molar-refractivity contribution in [2.24, 2.45) is 0 Å². The van der Waals surface area contributed by atoms with Gasteiger partial charge in [0.15, 0.2) is 5.11 Å². The van der Waals surface area contributed by atoms with E-state index < -0.39 is 11.8 Å². The zero-order valence-electron chi connectivity index (χ0n) is 15.6. The summed E-state index contributed by atoms with van der Waals surface area (Å²) in [7, 11) is 1.53. The van der Waals surface area contributed by atoms with E-state index in [1.807, 2.05) is 38.3 Å². The molecule has 3 rings (SSSR count). The van der Waals surface area contributed by atoms with Crippen molar-refractivity contribution in [1.82, 2.24) is 14.8 Å². The molecule has 0 spiro atoms. The van der Waals surface area contributed by atoms with Crippen molar-refractivity contribution in [3.63, 3.8) is 0 Å². The Kier molecular flexibility index (Phi) is 4.76. The van der Waals surface area contributed by atoms with Gasteiger partial charge in [0, 0.05) is 23.3 Å². The van der Waals surface area contributed by atoms with Gasteiger partial charge in [0.05, 0.1) is 5.56 Å². The Labute approximate surface area is 166 Å². The van der Waals surface area contributed by atoms with Gasteiger partial charge in [-0.25, -0.2) is 0 Å². The van der Waals surface area contributed by atoms with Gasteiger partial charge in [-0.3, -0.25) is 19.8 Å². The lowest BCUT2D eigenvalue weighted by Crippen LogP contribution is -2.52. The van der Waals surface area contributed by atoms with E-state index in [0.717, 1.165) is 32.4 Å². The van der Waals surface area contributed by atoms with E-state index in [9.17, 15) is 14.9 Å². The van der Waals surface area contributed by atoms with Gasteiger partial charge in [-0.1, -0.05) is 0 Å². The molecule has 138 valence electrons. The molecule has 2 aromatic heterocycles. The van der Waals surface area contributed by atoms with Crippen LogP contribution in [0.25, 0.3) is 11.1 Å². The zero-order chi connectivity index (χ0) is 20.0. The summed E-state index contributed by atoms with van der Waals surface area (Å²) in [6.45, 7) is 7.77. The van der Waals surface area contributed by atoms with Crippen LogP contribution in [0.4, 0.5) is 0 Å². The van der Waals surface area contributed by atoms with E-state index in [1.54, 1.807) is 17.4 Å². The molecule has 1 aliphatic heterocycles. The van der Waals surface area contributed by atoms with Crippen LogP contribution in [0.2, 0.25) is 0 Å². The van der Waals surface area contributed by atoms with E-state index in [1.165, 1.54) is 11.9 Å². The number of hydrogen-bond donors (Lipinski definition) is 1. The van der Waals surface area contributed by atoms with E-state index in [4.69, 9.17) is 12.2 Å². The Morgan fingerprint density at radius 2 is 1.93 bits per heavy atom. The highest BCUT2D eigenvalue weighted by molar-refractivity contribution is 7.80. The van der Waals surface area contributed by atoms with Crippen molar-refractivity contribution in [3.8, 4) is 11.1 Å². The van der Waals surface area contributed by atoms with Crippen molar-refractivity contribution >= 4 is 46.6 Å². The van der Waals surface area contributed by atoms with Crippen LogP contribution >= 0.6 is 23.6 Å². The molecular formula is C19H18N4O2S2. The summed E-state index contributed by atoms with van der Waals surface area (Å²) in [5.74, 6) is -0.942. The quantitative estimate of drug-likeness (QED) is 0.479. The molecule has 0 bridgehead atoms. The second-order valence-electron chi connectivity index (χ2n) is 6.42. The molecule has 0 atom stereocenters. The molecule has 2 amide bonds. The number of likely N-dealkylation sites (N-methyl/N-ethyl adjacent to an activating group) is 1. The number of thiocarbonyl (C=S) groups is 1. The van der Waals surface area contributed by atoms with Crippen LogP contribution in [0, 0.1) is 39.0 Å². The van der Waals surface area contributed by atoms with Gasteiger partial charge in [0.1, 0.15) is 16.6 Å². The lowest BCUT2D eigenvalue weighted by molar-refractivity contribution is -0.128. The monoisotopic (exact) mass is 398 g/mol. The van der Waals surface area contributed by atoms with Gasteiger partial charge in [-0.2, -0.15) is 5.26 Å². The average Bonchev–Trinajstić information content (AvgIpc) is 3.05. The predicted octanol–water partition coefficient (Wildman–Crippen LogP) is 2.90. The molecule has 1 saturated heterocycles. The number of hydrogen-bond acceptors (Lipinski definition) is 5. The van der Waals surface area contributed by atoms with Gasteiger partial charge in [0.2, 0.25) is 0 Å². The number of nitriles is 1. The maximum atomic E-state index is 12.4. The lowest BCUT2D eigenvalue weighted by atomic mass is 10.1. The summed E-state index contributed by atoms with van der Waals surface area (Å²) >= 11 is 6.53. The highest BCUT2D eigenvalue weighted by Gasteiger charge is 2.31. The summed E-state index contributed by atoms with van der Waals surface area (Å²) in [4.78, 5) is 27.0. The molecule has 0 aromatic carbocycles. The molecule has 8 heteroatoms. The lowest BCUT2D eigenvalue weighted by Gasteiger charge is -2.25. The number of carbonyl (C=O) groups excluding carboxylic acids is 2. The first kappa shape index (κ1) is 19.0. The highest BCUT2D eigenvalue weighted by Crippen LogP contribution is 2.34. The topological polar surface area (TPSA) is 78.1 Å². The maximum Gasteiger partial charge on any atom is 0.265 e. The molecule has 2 aromatic rings. The van der Waals surface area contributed by atoms with Crippen LogP contribution in [0.1, 0.15) is 33.0 Å². The van der Waals surface area contributed by atoms with Crippen LogP contribution in [-0.4, -0.2) is 33.4 Å². The van der Waals surface area contributed by atoms with Crippen molar-refractivity contribution in [2.75, 3.05) is 7.05 Å². The zero-order valence-corrected chi connectivity index (χ0v) is 17.3. The van der Waals surface area contributed by atoms with Gasteiger partial charge >= 0.3 is 0 Å². The van der Waals surface area contributed by atoms with Crippen molar-refractivity contribution in [1.29, 1.82) is 5.26 Å². The molecule has 27 heavy (non-hydrogen) atoms. The Bertz CT molecular complexity index is 1080. The molecule has 1 aliphatic rings. The van der Waals surface area contributed by atoms with Gasteiger partial charge in [0.25, 0.3) is 11.8 Å². The Hall–Kier alpha value is -2.76. The first-order chi connectivity index (χ1) is 12.7. The van der Waals surface area contributed by atoms with Crippen LogP contribution in [0.3, 0.4) is 0 Å². The molecular weight excluding hydrogens is 380 g/mol. The summed E-state index contributed by atoms with van der Waals surface area (Å²) in [6, 6.07) is 4.19. The predicted molar refractivity (Wildman–Crippen MR) is 109 cm³/mol. The number of amides is 2. The van der Waals surface area contributed by atoms with Crippen LogP contribution in [0.5, 0.6) is 0 Å². The standard InChI is InChI=1S/C19H18N4O2S2/c1-9-6-13(7-14-16(24)21-19(26)22(5)17(14)25)11(3)23(9)18-15(8-20)10(2)12(4)27-18/h6-7H,1-5H3,(H,21,24,26). The number of rotatable bonds is 2. The number of aryl methyl sites for hydroxylation is 2. The highest BCUT2D eigenvalue weighted by atomic mass is 32.1. The fourth-order valence-electron chi connectivity index (χ4n) is 3.05. The molecule has 0 aliphatic carbocycles. The molecule has 1 N–H and O–H groups in total. The molecule has 6 nitrogen and oxygen atoms in total. The smallest absolute Gasteiger partial charge is 0.265 e. The van der Waals surface area contributed by atoms with Crippen LogP contribution < -0.4 is 5.32 Å². The number of carbonyl (C=O) groups is 2. The third-order valence-corrected chi connectivity index (χ3v) is 6.32. The van der Waals surface area contributed by atoms with Crippen LogP contribution in [-0.2, 0) is 9.59 Å². The van der Waals surface area contributed by atoms with Gasteiger partial charge in [-0.15, -0.1) is 11.3 Å². The number of nitrogens with zero attached hydrogens (tertiary/aromatic N) is 3. The third-order valence-electron chi connectivity index (χ3n) is 4.76. The third kappa shape index (κ3) is 2.99. The minimum Gasteiger partial charge on any atom is -0.308 e. The molecule has 0 saturated carbocycles. The Morgan fingerprint density at radius 3 is 2.56 bits per heavy atom. The second kappa shape index (κ2) is 6.76. The number of aromatic nitrogens is 1. The maximum absolute atomic E-state index is 12.4. The van der Waals surface area contributed by atoms with Gasteiger partial charge < -0.3 is 4.57 Å². The summed E-state index contributed by atoms with van der Waals surface area (Å²) in [5.41, 5.74) is 4.18. The van der Waals surface area contributed by atoms with Crippen molar-refractivity contribution < 1.29 is 9.59 Å². The summed E-state index contributed by atoms with van der Waals surface area (Å²) in [6.07, 6.45) is 1.58. The summed E-state index contributed by atoms with van der Waals surface area (Å²) < 4.78 is 2.00. The molecule has 0 unspecified atom stereocenters. The second-order valence-corrected chi connectivity index (χ2v) is 8.01. The Balaban J connectivity index is 2.14. The normalized spacial score (nSPS) is 16.1. The average molecular weight is 399 g/mol. The van der Waals surface area contributed by atoms with Gasteiger partial charge in [-0.05, 0) is 63.2 Å². The fourth-order valence-corrected chi connectivity index (χ4v) is 4.44. The van der Waals surface area contributed by atoms with Crippen molar-refractivity contribution in [3.05, 3.63) is 44.6 Å². The minimum absolute atomic E-state index is 0.0328. The number of nitrogens with one attached hydrogen (secondary N) is 1. The van der Waals surface area contributed by atoms with E-state index >= 15 is 0 Å². The number of thiophene rings is 1. The van der Waals surface area contributed by atoms with E-state index in [-0.39, 0.29) is 10.7 Å².